The summed E-state index contributed by atoms with van der Waals surface area (Å²) in [5, 5.41) is 9.37. The quantitative estimate of drug-likeness (QED) is 0.350. The zero-order chi connectivity index (χ0) is 18.8. The second kappa shape index (κ2) is 10.3. The number of aryl methyl sites for hydroxylation is 1. The van der Waals surface area contributed by atoms with Crippen LogP contribution >= 0.6 is 0 Å². The summed E-state index contributed by atoms with van der Waals surface area (Å²) in [5.74, 6) is 0.0511. The zero-order valence-electron chi connectivity index (χ0n) is 15.4. The molecule has 4 heteroatoms. The minimum atomic E-state index is -1.11. The van der Waals surface area contributed by atoms with Gasteiger partial charge in [0, 0.05) is 0 Å². The monoisotopic (exact) mass is 354 g/mol. The largest absolute Gasteiger partial charge is 0.494 e. The van der Waals surface area contributed by atoms with Crippen molar-refractivity contribution in [1.82, 2.24) is 0 Å². The van der Waals surface area contributed by atoms with E-state index in [0.29, 0.717) is 12.4 Å². The molecule has 0 bridgehead atoms. The second-order valence-corrected chi connectivity index (χ2v) is 6.21. The van der Waals surface area contributed by atoms with Crippen LogP contribution in [-0.2, 0) is 4.79 Å². The Morgan fingerprint density at radius 1 is 0.962 bits per heavy atom. The third-order valence-electron chi connectivity index (χ3n) is 3.90. The van der Waals surface area contributed by atoms with Crippen molar-refractivity contribution in [3.8, 4) is 11.5 Å². The van der Waals surface area contributed by atoms with E-state index in [-0.39, 0.29) is 5.76 Å². The van der Waals surface area contributed by atoms with Crippen LogP contribution in [0.5, 0.6) is 11.5 Å². The van der Waals surface area contributed by atoms with Crippen LogP contribution in [0.25, 0.3) is 6.08 Å². The lowest BCUT2D eigenvalue weighted by molar-refractivity contribution is -0.134. The number of hydrogen-bond donors (Lipinski definition) is 1. The van der Waals surface area contributed by atoms with Crippen molar-refractivity contribution >= 4 is 12.0 Å². The molecule has 0 unspecified atom stereocenters. The first-order valence-corrected chi connectivity index (χ1v) is 9.01. The molecule has 26 heavy (non-hydrogen) atoms. The minimum absolute atomic E-state index is 0.123. The van der Waals surface area contributed by atoms with E-state index in [0.717, 1.165) is 23.3 Å². The van der Waals surface area contributed by atoms with Gasteiger partial charge in [0.15, 0.2) is 0 Å². The number of hydrogen-bond acceptors (Lipinski definition) is 3. The first kappa shape index (κ1) is 19.6. The lowest BCUT2D eigenvalue weighted by Gasteiger charge is -2.08. The minimum Gasteiger partial charge on any atom is -0.494 e. The van der Waals surface area contributed by atoms with E-state index >= 15 is 0 Å². The maximum Gasteiger partial charge on any atom is 0.371 e. The van der Waals surface area contributed by atoms with Crippen LogP contribution in [0, 0.1) is 6.92 Å². The number of aliphatic carboxylic acids is 1. The van der Waals surface area contributed by atoms with Gasteiger partial charge in [-0.25, -0.2) is 4.79 Å². The van der Waals surface area contributed by atoms with Crippen LogP contribution in [-0.4, -0.2) is 17.7 Å². The van der Waals surface area contributed by atoms with Gasteiger partial charge in [0.1, 0.15) is 11.5 Å². The molecular weight excluding hydrogens is 328 g/mol. The van der Waals surface area contributed by atoms with Gasteiger partial charge in [-0.3, -0.25) is 0 Å². The highest BCUT2D eigenvalue weighted by molar-refractivity contribution is 5.90. The second-order valence-electron chi connectivity index (χ2n) is 6.21. The first-order valence-electron chi connectivity index (χ1n) is 9.01. The molecule has 0 aromatic heterocycles. The van der Waals surface area contributed by atoms with Crippen molar-refractivity contribution in [1.29, 1.82) is 0 Å². The molecular formula is C22H26O4. The van der Waals surface area contributed by atoms with E-state index in [2.05, 4.69) is 6.92 Å². The van der Waals surface area contributed by atoms with E-state index in [4.69, 9.17) is 9.47 Å². The van der Waals surface area contributed by atoms with Crippen molar-refractivity contribution < 1.29 is 19.4 Å². The molecule has 2 aromatic rings. The van der Waals surface area contributed by atoms with Crippen molar-refractivity contribution in [2.75, 3.05) is 6.61 Å². The van der Waals surface area contributed by atoms with Gasteiger partial charge in [-0.05, 0) is 49.2 Å². The fraction of sp³-hybridized carbons (Fsp3) is 0.318. The molecule has 0 radical (unpaired) electrons. The molecule has 0 aliphatic heterocycles. The molecule has 0 saturated carbocycles. The molecule has 0 spiro atoms. The average molecular weight is 354 g/mol. The Labute approximate surface area is 155 Å². The van der Waals surface area contributed by atoms with Crippen LogP contribution in [0.3, 0.4) is 0 Å². The maximum absolute atomic E-state index is 11.5. The van der Waals surface area contributed by atoms with Gasteiger partial charge in [0.05, 0.1) is 6.61 Å². The van der Waals surface area contributed by atoms with Gasteiger partial charge in [-0.15, -0.1) is 0 Å². The summed E-state index contributed by atoms with van der Waals surface area (Å²) < 4.78 is 11.2. The van der Waals surface area contributed by atoms with Crippen LogP contribution < -0.4 is 9.47 Å². The lowest BCUT2D eigenvalue weighted by Crippen LogP contribution is -2.07. The summed E-state index contributed by atoms with van der Waals surface area (Å²) in [7, 11) is 0. The van der Waals surface area contributed by atoms with Crippen LogP contribution in [0.2, 0.25) is 0 Å². The van der Waals surface area contributed by atoms with E-state index in [9.17, 15) is 9.90 Å². The van der Waals surface area contributed by atoms with Crippen LogP contribution in [0.15, 0.2) is 54.3 Å². The van der Waals surface area contributed by atoms with Crippen LogP contribution in [0.1, 0.15) is 43.7 Å². The summed E-state index contributed by atoms with van der Waals surface area (Å²) in [5.41, 5.74) is 1.83. The standard InChI is InChI=1S/C22H26O4/c1-3-4-5-6-15-25-19-13-9-18(10-14-19)16-21(22(23)24)26-20-11-7-17(2)8-12-20/h7-14,16H,3-6,15H2,1-2H3,(H,23,24). The molecule has 0 amide bonds. The summed E-state index contributed by atoms with van der Waals surface area (Å²) in [6.45, 7) is 4.85. The Balaban J connectivity index is 1.98. The molecule has 4 nitrogen and oxygen atoms in total. The Morgan fingerprint density at radius 2 is 1.62 bits per heavy atom. The Bertz CT molecular complexity index is 715. The fourth-order valence-electron chi connectivity index (χ4n) is 2.40. The molecule has 1 N–H and O–H groups in total. The predicted octanol–water partition coefficient (Wildman–Crippen LogP) is 5.46. The molecule has 0 atom stereocenters. The number of carboxylic acid groups (broad SMARTS) is 1. The smallest absolute Gasteiger partial charge is 0.371 e. The van der Waals surface area contributed by atoms with Gasteiger partial charge < -0.3 is 14.6 Å². The van der Waals surface area contributed by atoms with Gasteiger partial charge in [0.25, 0.3) is 0 Å². The van der Waals surface area contributed by atoms with Gasteiger partial charge in [-0.1, -0.05) is 56.0 Å². The zero-order valence-corrected chi connectivity index (χ0v) is 15.4. The van der Waals surface area contributed by atoms with Crippen molar-refractivity contribution in [3.63, 3.8) is 0 Å². The van der Waals surface area contributed by atoms with Crippen LogP contribution in [0.4, 0.5) is 0 Å². The highest BCUT2D eigenvalue weighted by Crippen LogP contribution is 2.19. The highest BCUT2D eigenvalue weighted by Gasteiger charge is 2.10. The Hall–Kier alpha value is -2.75. The van der Waals surface area contributed by atoms with Crippen molar-refractivity contribution in [3.05, 3.63) is 65.4 Å². The fourth-order valence-corrected chi connectivity index (χ4v) is 2.40. The molecule has 2 aromatic carbocycles. The third-order valence-corrected chi connectivity index (χ3v) is 3.90. The Kier molecular flexibility index (Phi) is 7.75. The van der Waals surface area contributed by atoms with Crippen molar-refractivity contribution in [2.24, 2.45) is 0 Å². The predicted molar refractivity (Wildman–Crippen MR) is 103 cm³/mol. The van der Waals surface area contributed by atoms with E-state index in [1.807, 2.05) is 43.3 Å². The number of carbonyl (C=O) groups is 1. The summed E-state index contributed by atoms with van der Waals surface area (Å²) in [6.07, 6.45) is 6.16. The summed E-state index contributed by atoms with van der Waals surface area (Å²) in [4.78, 5) is 11.5. The Morgan fingerprint density at radius 3 is 2.23 bits per heavy atom. The first-order chi connectivity index (χ1) is 12.6. The molecule has 0 heterocycles. The van der Waals surface area contributed by atoms with Gasteiger partial charge >= 0.3 is 5.97 Å². The molecule has 138 valence electrons. The molecule has 2 rings (SSSR count). The third kappa shape index (κ3) is 6.63. The molecule has 0 saturated heterocycles. The van der Waals surface area contributed by atoms with Gasteiger partial charge in [-0.2, -0.15) is 0 Å². The van der Waals surface area contributed by atoms with E-state index in [1.54, 1.807) is 12.1 Å². The van der Waals surface area contributed by atoms with E-state index < -0.39 is 5.97 Å². The summed E-state index contributed by atoms with van der Waals surface area (Å²) >= 11 is 0. The SMILES string of the molecule is CCCCCCOc1ccc(C=C(Oc2ccc(C)cc2)C(=O)O)cc1. The summed E-state index contributed by atoms with van der Waals surface area (Å²) in [6, 6.07) is 14.6. The number of carboxylic acids is 1. The molecule has 0 aliphatic carbocycles. The number of unbranched alkanes of at least 4 members (excludes halogenated alkanes) is 3. The van der Waals surface area contributed by atoms with E-state index in [1.165, 1.54) is 25.3 Å². The lowest BCUT2D eigenvalue weighted by atomic mass is 10.2. The highest BCUT2D eigenvalue weighted by atomic mass is 16.5. The number of benzene rings is 2. The molecule has 0 aliphatic rings. The number of ether oxygens (including phenoxy) is 2. The maximum atomic E-state index is 11.5. The number of rotatable bonds is 10. The van der Waals surface area contributed by atoms with Gasteiger partial charge in [0.2, 0.25) is 5.76 Å². The topological polar surface area (TPSA) is 55.8 Å². The molecule has 0 fully saturated rings. The normalized spacial score (nSPS) is 11.2. The average Bonchev–Trinajstić information content (AvgIpc) is 2.64. The van der Waals surface area contributed by atoms with Crippen molar-refractivity contribution in [2.45, 2.75) is 39.5 Å².